The zero-order valence-corrected chi connectivity index (χ0v) is 11.2. The Labute approximate surface area is 112 Å². The van der Waals surface area contributed by atoms with E-state index < -0.39 is 0 Å². The summed E-state index contributed by atoms with van der Waals surface area (Å²) in [5.74, 6) is 1.03. The van der Waals surface area contributed by atoms with Crippen LogP contribution in [0.15, 0.2) is 18.2 Å². The van der Waals surface area contributed by atoms with Crippen LogP contribution < -0.4 is 10.1 Å². The van der Waals surface area contributed by atoms with Crippen LogP contribution in [0.3, 0.4) is 0 Å². The largest absolute Gasteiger partial charge is 0.491 e. The molecule has 0 unspecified atom stereocenters. The second kappa shape index (κ2) is 6.95. The molecule has 0 aromatic heterocycles. The maximum absolute atomic E-state index is 12.8. The van der Waals surface area contributed by atoms with Crippen LogP contribution >= 0.6 is 11.6 Å². The van der Waals surface area contributed by atoms with Crippen molar-refractivity contribution in [2.24, 2.45) is 5.92 Å². The van der Waals surface area contributed by atoms with Crippen molar-refractivity contribution >= 4 is 11.6 Å². The van der Waals surface area contributed by atoms with Crippen molar-refractivity contribution in [3.8, 4) is 5.75 Å². The first-order chi connectivity index (χ1) is 8.75. The van der Waals surface area contributed by atoms with Crippen molar-refractivity contribution in [3.05, 3.63) is 29.0 Å². The molecule has 1 aliphatic carbocycles. The van der Waals surface area contributed by atoms with Crippen LogP contribution in [-0.4, -0.2) is 19.7 Å². The van der Waals surface area contributed by atoms with E-state index in [1.54, 1.807) is 6.07 Å². The fourth-order valence-electron chi connectivity index (χ4n) is 2.35. The smallest absolute Gasteiger partial charge is 0.138 e. The summed E-state index contributed by atoms with van der Waals surface area (Å²) in [6.45, 7) is 2.42. The van der Waals surface area contributed by atoms with Crippen molar-refractivity contribution in [3.63, 3.8) is 0 Å². The summed E-state index contributed by atoms with van der Waals surface area (Å²) in [5, 5.41) is 3.71. The van der Waals surface area contributed by atoms with Crippen molar-refractivity contribution in [2.45, 2.75) is 25.7 Å². The molecule has 100 valence electrons. The van der Waals surface area contributed by atoms with Crippen LogP contribution in [0.1, 0.15) is 25.7 Å². The molecule has 0 heterocycles. The highest BCUT2D eigenvalue weighted by molar-refractivity contribution is 6.32. The zero-order chi connectivity index (χ0) is 12.8. The molecule has 0 saturated heterocycles. The van der Waals surface area contributed by atoms with E-state index in [-0.39, 0.29) is 5.82 Å². The van der Waals surface area contributed by atoms with Gasteiger partial charge in [0, 0.05) is 6.54 Å². The van der Waals surface area contributed by atoms with Crippen molar-refractivity contribution in [1.29, 1.82) is 0 Å². The molecule has 0 bridgehead atoms. The van der Waals surface area contributed by atoms with Gasteiger partial charge in [-0.3, -0.25) is 0 Å². The Morgan fingerprint density at radius 3 is 2.83 bits per heavy atom. The first-order valence-corrected chi connectivity index (χ1v) is 6.92. The Hall–Kier alpha value is -0.800. The summed E-state index contributed by atoms with van der Waals surface area (Å²) in [6, 6.07) is 4.19. The Morgan fingerprint density at radius 2 is 2.11 bits per heavy atom. The molecule has 0 radical (unpaired) electrons. The number of benzene rings is 1. The molecule has 1 aromatic rings. The van der Waals surface area contributed by atoms with Gasteiger partial charge in [-0.05, 0) is 43.5 Å². The number of rotatable bonds is 6. The number of halogens is 2. The summed E-state index contributed by atoms with van der Waals surface area (Å²) in [4.78, 5) is 0. The molecular weight excluding hydrogens is 253 g/mol. The normalized spacial score (nSPS) is 16.1. The lowest BCUT2D eigenvalue weighted by molar-refractivity contribution is 0.308. The maximum Gasteiger partial charge on any atom is 0.138 e. The lowest BCUT2D eigenvalue weighted by Gasteiger charge is -2.11. The molecule has 1 N–H and O–H groups in total. The van der Waals surface area contributed by atoms with Crippen LogP contribution in [0, 0.1) is 11.7 Å². The van der Waals surface area contributed by atoms with Gasteiger partial charge in [-0.2, -0.15) is 0 Å². The molecular formula is C14H19ClFNO. The molecule has 2 nitrogen and oxygen atoms in total. The van der Waals surface area contributed by atoms with Gasteiger partial charge in [0.1, 0.15) is 18.2 Å². The lowest BCUT2D eigenvalue weighted by Crippen LogP contribution is -2.26. The second-order valence-corrected chi connectivity index (χ2v) is 5.19. The van der Waals surface area contributed by atoms with Gasteiger partial charge in [-0.15, -0.1) is 0 Å². The quantitative estimate of drug-likeness (QED) is 0.798. The zero-order valence-electron chi connectivity index (χ0n) is 10.4. The third-order valence-electron chi connectivity index (χ3n) is 3.34. The highest BCUT2D eigenvalue weighted by atomic mass is 35.5. The summed E-state index contributed by atoms with van der Waals surface area (Å²) in [5.41, 5.74) is 0. The van der Waals surface area contributed by atoms with Crippen LogP contribution in [0.5, 0.6) is 5.75 Å². The SMILES string of the molecule is Fc1ccc(OCCNCC2CCCC2)c(Cl)c1. The Bertz CT molecular complexity index is 380. The highest BCUT2D eigenvalue weighted by Crippen LogP contribution is 2.25. The van der Waals surface area contributed by atoms with Gasteiger partial charge >= 0.3 is 0 Å². The molecule has 1 fully saturated rings. The van der Waals surface area contributed by atoms with Crippen LogP contribution in [0.25, 0.3) is 0 Å². The van der Waals surface area contributed by atoms with E-state index >= 15 is 0 Å². The lowest BCUT2D eigenvalue weighted by atomic mass is 10.1. The fourth-order valence-corrected chi connectivity index (χ4v) is 2.57. The van der Waals surface area contributed by atoms with Gasteiger partial charge < -0.3 is 10.1 Å². The van der Waals surface area contributed by atoms with E-state index in [0.29, 0.717) is 17.4 Å². The van der Waals surface area contributed by atoms with Gasteiger partial charge in [-0.1, -0.05) is 24.4 Å². The van der Waals surface area contributed by atoms with Crippen LogP contribution in [0.4, 0.5) is 4.39 Å². The first kappa shape index (κ1) is 13.6. The number of nitrogens with one attached hydrogen (secondary N) is 1. The number of ether oxygens (including phenoxy) is 1. The van der Waals surface area contributed by atoms with Crippen molar-refractivity contribution < 1.29 is 9.13 Å². The topological polar surface area (TPSA) is 21.3 Å². The third kappa shape index (κ3) is 4.14. The molecule has 18 heavy (non-hydrogen) atoms. The van der Waals surface area contributed by atoms with E-state index in [0.717, 1.165) is 19.0 Å². The minimum absolute atomic E-state index is 0.325. The molecule has 1 aromatic carbocycles. The Balaban J connectivity index is 1.62. The van der Waals surface area contributed by atoms with E-state index in [4.69, 9.17) is 16.3 Å². The predicted molar refractivity (Wildman–Crippen MR) is 71.7 cm³/mol. The molecule has 1 aliphatic rings. The van der Waals surface area contributed by atoms with Crippen LogP contribution in [-0.2, 0) is 0 Å². The monoisotopic (exact) mass is 271 g/mol. The van der Waals surface area contributed by atoms with E-state index in [1.165, 1.54) is 37.8 Å². The average Bonchev–Trinajstić information content (AvgIpc) is 2.84. The standard InChI is InChI=1S/C14H19ClFNO/c15-13-9-12(16)5-6-14(13)18-8-7-17-10-11-3-1-2-4-11/h5-6,9,11,17H,1-4,7-8,10H2. The molecule has 0 spiro atoms. The third-order valence-corrected chi connectivity index (χ3v) is 3.63. The Kier molecular flexibility index (Phi) is 5.26. The van der Waals surface area contributed by atoms with Crippen molar-refractivity contribution in [2.75, 3.05) is 19.7 Å². The second-order valence-electron chi connectivity index (χ2n) is 4.78. The maximum atomic E-state index is 12.8. The van der Waals surface area contributed by atoms with Gasteiger partial charge in [0.25, 0.3) is 0 Å². The van der Waals surface area contributed by atoms with Gasteiger partial charge in [0.2, 0.25) is 0 Å². The predicted octanol–water partition coefficient (Wildman–Crippen LogP) is 3.64. The van der Waals surface area contributed by atoms with E-state index in [2.05, 4.69) is 5.32 Å². The van der Waals surface area contributed by atoms with Gasteiger partial charge in [-0.25, -0.2) is 4.39 Å². The summed E-state index contributed by atoms with van der Waals surface area (Å²) in [7, 11) is 0. The highest BCUT2D eigenvalue weighted by Gasteiger charge is 2.13. The fraction of sp³-hybridized carbons (Fsp3) is 0.571. The average molecular weight is 272 g/mol. The summed E-state index contributed by atoms with van der Waals surface area (Å²) < 4.78 is 18.3. The molecule has 0 atom stereocenters. The molecule has 1 saturated carbocycles. The van der Waals surface area contributed by atoms with Gasteiger partial charge in [0.05, 0.1) is 5.02 Å². The number of hydrogen-bond donors (Lipinski definition) is 1. The number of hydrogen-bond acceptors (Lipinski definition) is 2. The van der Waals surface area contributed by atoms with E-state index in [1.807, 2.05) is 0 Å². The molecule has 4 heteroatoms. The summed E-state index contributed by atoms with van der Waals surface area (Å²) >= 11 is 5.86. The van der Waals surface area contributed by atoms with E-state index in [9.17, 15) is 4.39 Å². The Morgan fingerprint density at radius 1 is 1.33 bits per heavy atom. The summed E-state index contributed by atoms with van der Waals surface area (Å²) in [6.07, 6.45) is 5.43. The first-order valence-electron chi connectivity index (χ1n) is 6.54. The van der Waals surface area contributed by atoms with Crippen LogP contribution in [0.2, 0.25) is 5.02 Å². The molecule has 0 amide bonds. The van der Waals surface area contributed by atoms with Gasteiger partial charge in [0.15, 0.2) is 0 Å². The minimum Gasteiger partial charge on any atom is -0.491 e. The minimum atomic E-state index is -0.341. The molecule has 2 rings (SSSR count). The molecule has 0 aliphatic heterocycles. The van der Waals surface area contributed by atoms with Crippen molar-refractivity contribution in [1.82, 2.24) is 5.32 Å².